The van der Waals surface area contributed by atoms with Gasteiger partial charge in [-0.15, -0.1) is 5.10 Å². The molecule has 3 aromatic rings. The molecule has 0 saturated heterocycles. The van der Waals surface area contributed by atoms with E-state index in [4.69, 9.17) is 4.74 Å². The third-order valence-corrected chi connectivity index (χ3v) is 3.15. The second kappa shape index (κ2) is 5.17. The molecule has 0 aliphatic carbocycles. The first-order valence-corrected chi connectivity index (χ1v) is 6.40. The van der Waals surface area contributed by atoms with E-state index in [0.717, 1.165) is 22.7 Å². The molecule has 0 atom stereocenters. The summed E-state index contributed by atoms with van der Waals surface area (Å²) in [6, 6.07) is 15.9. The molecule has 0 fully saturated rings. The van der Waals surface area contributed by atoms with Gasteiger partial charge < -0.3 is 4.74 Å². The predicted molar refractivity (Wildman–Crippen MR) is 78.1 cm³/mol. The maximum Gasteiger partial charge on any atom is 0.118 e. The lowest BCUT2D eigenvalue weighted by Gasteiger charge is -2.01. The highest BCUT2D eigenvalue weighted by molar-refractivity contribution is 5.59. The van der Waals surface area contributed by atoms with E-state index in [1.165, 1.54) is 5.56 Å². The second-order valence-corrected chi connectivity index (χ2v) is 4.62. The Bertz CT molecular complexity index is 717. The lowest BCUT2D eigenvalue weighted by Crippen LogP contribution is -1.94. The Morgan fingerprint density at radius 3 is 2.55 bits per heavy atom. The Hall–Kier alpha value is -2.62. The molecule has 0 aliphatic heterocycles. The fraction of sp³-hybridized carbons (Fsp3) is 0.125. The summed E-state index contributed by atoms with van der Waals surface area (Å²) in [4.78, 5) is 0. The largest absolute Gasteiger partial charge is 0.497 e. The summed E-state index contributed by atoms with van der Waals surface area (Å²) in [5, 5.41) is 8.40. The Labute approximate surface area is 117 Å². The van der Waals surface area contributed by atoms with E-state index in [1.54, 1.807) is 11.8 Å². The van der Waals surface area contributed by atoms with E-state index in [9.17, 15) is 0 Å². The van der Waals surface area contributed by atoms with Crippen molar-refractivity contribution in [2.75, 3.05) is 7.11 Å². The van der Waals surface area contributed by atoms with E-state index in [-0.39, 0.29) is 0 Å². The van der Waals surface area contributed by atoms with Crippen molar-refractivity contribution in [3.05, 3.63) is 60.3 Å². The number of benzene rings is 2. The number of hydrogen-bond acceptors (Lipinski definition) is 3. The van der Waals surface area contributed by atoms with Crippen molar-refractivity contribution in [3.8, 4) is 22.7 Å². The fourth-order valence-corrected chi connectivity index (χ4v) is 2.05. The molecule has 4 heteroatoms. The van der Waals surface area contributed by atoms with Crippen LogP contribution in [0.2, 0.25) is 0 Å². The van der Waals surface area contributed by atoms with Gasteiger partial charge in [-0.2, -0.15) is 0 Å². The fourth-order valence-electron chi connectivity index (χ4n) is 2.05. The molecule has 0 bridgehead atoms. The minimum absolute atomic E-state index is 0.833. The Balaban J connectivity index is 1.93. The van der Waals surface area contributed by atoms with Gasteiger partial charge in [0.2, 0.25) is 0 Å². The molecule has 0 N–H and O–H groups in total. The third-order valence-electron chi connectivity index (χ3n) is 3.15. The molecular weight excluding hydrogens is 250 g/mol. The monoisotopic (exact) mass is 265 g/mol. The quantitative estimate of drug-likeness (QED) is 0.729. The van der Waals surface area contributed by atoms with Crippen LogP contribution >= 0.6 is 0 Å². The van der Waals surface area contributed by atoms with Gasteiger partial charge in [-0.1, -0.05) is 17.3 Å². The molecule has 2 aromatic carbocycles. The zero-order valence-corrected chi connectivity index (χ0v) is 11.4. The molecule has 0 saturated carbocycles. The lowest BCUT2D eigenvalue weighted by atomic mass is 10.1. The Morgan fingerprint density at radius 2 is 1.85 bits per heavy atom. The van der Waals surface area contributed by atoms with Gasteiger partial charge >= 0.3 is 0 Å². The maximum absolute atomic E-state index is 5.15. The van der Waals surface area contributed by atoms with E-state index in [0.29, 0.717) is 0 Å². The molecule has 1 heterocycles. The van der Waals surface area contributed by atoms with Crippen LogP contribution in [-0.4, -0.2) is 22.1 Å². The predicted octanol–water partition coefficient (Wildman–Crippen LogP) is 3.25. The van der Waals surface area contributed by atoms with Gasteiger partial charge in [0, 0.05) is 5.56 Å². The van der Waals surface area contributed by atoms with Gasteiger partial charge in [0.15, 0.2) is 0 Å². The highest BCUT2D eigenvalue weighted by Gasteiger charge is 2.05. The first kappa shape index (κ1) is 12.4. The minimum atomic E-state index is 0.833. The number of rotatable bonds is 3. The summed E-state index contributed by atoms with van der Waals surface area (Å²) in [7, 11) is 1.66. The third kappa shape index (κ3) is 2.40. The van der Waals surface area contributed by atoms with Crippen LogP contribution in [0.5, 0.6) is 5.75 Å². The molecule has 4 nitrogen and oxygen atoms in total. The topological polar surface area (TPSA) is 39.9 Å². The SMILES string of the molecule is COc1ccc(-c2cn(-c3cccc(C)c3)nn2)cc1. The summed E-state index contributed by atoms with van der Waals surface area (Å²) in [5.74, 6) is 0.833. The van der Waals surface area contributed by atoms with E-state index in [1.807, 2.05) is 42.6 Å². The number of nitrogens with zero attached hydrogens (tertiary/aromatic N) is 3. The van der Waals surface area contributed by atoms with E-state index < -0.39 is 0 Å². The van der Waals surface area contributed by atoms with Crippen LogP contribution in [0.25, 0.3) is 16.9 Å². The molecule has 0 radical (unpaired) electrons. The summed E-state index contributed by atoms with van der Waals surface area (Å²) in [6.45, 7) is 2.06. The van der Waals surface area contributed by atoms with Crippen molar-refractivity contribution in [1.29, 1.82) is 0 Å². The van der Waals surface area contributed by atoms with Crippen LogP contribution in [0.3, 0.4) is 0 Å². The smallest absolute Gasteiger partial charge is 0.118 e. The van der Waals surface area contributed by atoms with E-state index >= 15 is 0 Å². The van der Waals surface area contributed by atoms with Gasteiger partial charge in [-0.05, 0) is 48.9 Å². The summed E-state index contributed by atoms with van der Waals surface area (Å²) < 4.78 is 6.94. The van der Waals surface area contributed by atoms with Crippen LogP contribution in [-0.2, 0) is 0 Å². The van der Waals surface area contributed by atoms with Crippen molar-refractivity contribution >= 4 is 0 Å². The van der Waals surface area contributed by atoms with Crippen LogP contribution in [0.4, 0.5) is 0 Å². The first-order valence-electron chi connectivity index (χ1n) is 6.40. The van der Waals surface area contributed by atoms with Gasteiger partial charge in [0.1, 0.15) is 11.4 Å². The molecule has 20 heavy (non-hydrogen) atoms. The molecule has 1 aromatic heterocycles. The molecule has 0 amide bonds. The highest BCUT2D eigenvalue weighted by Crippen LogP contribution is 2.21. The number of aromatic nitrogens is 3. The highest BCUT2D eigenvalue weighted by atomic mass is 16.5. The maximum atomic E-state index is 5.15. The molecule has 0 spiro atoms. The number of methoxy groups -OCH3 is 1. The molecule has 100 valence electrons. The zero-order chi connectivity index (χ0) is 13.9. The molecule has 0 unspecified atom stereocenters. The standard InChI is InChI=1S/C16H15N3O/c1-12-4-3-5-14(10-12)19-11-16(17-18-19)13-6-8-15(20-2)9-7-13/h3-11H,1-2H3. The Kier molecular flexibility index (Phi) is 3.21. The van der Waals surface area contributed by atoms with Crippen LogP contribution in [0.1, 0.15) is 5.56 Å². The van der Waals surface area contributed by atoms with Crippen molar-refractivity contribution in [1.82, 2.24) is 15.0 Å². The number of aryl methyl sites for hydroxylation is 1. The van der Waals surface area contributed by atoms with Crippen LogP contribution in [0.15, 0.2) is 54.7 Å². The summed E-state index contributed by atoms with van der Waals surface area (Å²) in [6.07, 6.45) is 1.93. The average molecular weight is 265 g/mol. The van der Waals surface area contributed by atoms with E-state index in [2.05, 4.69) is 29.4 Å². The van der Waals surface area contributed by atoms with Crippen molar-refractivity contribution in [2.24, 2.45) is 0 Å². The first-order chi connectivity index (χ1) is 9.76. The van der Waals surface area contributed by atoms with Crippen LogP contribution < -0.4 is 4.74 Å². The average Bonchev–Trinajstić information content (AvgIpc) is 2.97. The minimum Gasteiger partial charge on any atom is -0.497 e. The normalized spacial score (nSPS) is 10.5. The van der Waals surface area contributed by atoms with Crippen molar-refractivity contribution < 1.29 is 4.74 Å². The van der Waals surface area contributed by atoms with Crippen LogP contribution in [0, 0.1) is 6.92 Å². The Morgan fingerprint density at radius 1 is 1.05 bits per heavy atom. The summed E-state index contributed by atoms with van der Waals surface area (Å²) in [5.41, 5.74) is 4.07. The number of hydrogen-bond donors (Lipinski definition) is 0. The van der Waals surface area contributed by atoms with Gasteiger partial charge in [-0.25, -0.2) is 4.68 Å². The van der Waals surface area contributed by atoms with Crippen molar-refractivity contribution in [2.45, 2.75) is 6.92 Å². The van der Waals surface area contributed by atoms with Gasteiger partial charge in [0.25, 0.3) is 0 Å². The summed E-state index contributed by atoms with van der Waals surface area (Å²) >= 11 is 0. The number of ether oxygens (including phenoxy) is 1. The molecule has 0 aliphatic rings. The van der Waals surface area contributed by atoms with Gasteiger partial charge in [-0.3, -0.25) is 0 Å². The molecule has 3 rings (SSSR count). The molecular formula is C16H15N3O. The second-order valence-electron chi connectivity index (χ2n) is 4.62. The zero-order valence-electron chi connectivity index (χ0n) is 11.4. The van der Waals surface area contributed by atoms with Crippen molar-refractivity contribution in [3.63, 3.8) is 0 Å². The van der Waals surface area contributed by atoms with Gasteiger partial charge in [0.05, 0.1) is 19.0 Å². The lowest BCUT2D eigenvalue weighted by molar-refractivity contribution is 0.415.